The molecule has 6 nitrogen and oxygen atoms in total. The van der Waals surface area contributed by atoms with Gasteiger partial charge in [0.2, 0.25) is 0 Å². The first-order valence-electron chi connectivity index (χ1n) is 6.92. The summed E-state index contributed by atoms with van der Waals surface area (Å²) in [5.74, 6) is 0.484. The van der Waals surface area contributed by atoms with E-state index in [9.17, 15) is 4.79 Å². The van der Waals surface area contributed by atoms with Gasteiger partial charge in [0.25, 0.3) is 0 Å². The number of rotatable bonds is 6. The molecule has 108 valence electrons. The molecule has 1 aliphatic carbocycles. The van der Waals surface area contributed by atoms with Crippen LogP contribution >= 0.6 is 0 Å². The van der Waals surface area contributed by atoms with Crippen molar-refractivity contribution in [1.82, 2.24) is 5.32 Å². The second-order valence-corrected chi connectivity index (χ2v) is 5.44. The second-order valence-electron chi connectivity index (χ2n) is 5.44. The van der Waals surface area contributed by atoms with Crippen LogP contribution in [0, 0.1) is 11.8 Å². The van der Waals surface area contributed by atoms with Crippen molar-refractivity contribution < 1.29 is 9.53 Å². The zero-order valence-electron chi connectivity index (χ0n) is 12.1. The predicted octanol–water partition coefficient (Wildman–Crippen LogP) is 2.64. The number of nitrogens with zero attached hydrogens (tertiary/aromatic N) is 3. The van der Waals surface area contributed by atoms with E-state index < -0.39 is 5.54 Å². The van der Waals surface area contributed by atoms with E-state index in [0.29, 0.717) is 19.0 Å². The van der Waals surface area contributed by atoms with Crippen LogP contribution in [0.1, 0.15) is 39.5 Å². The third kappa shape index (κ3) is 3.61. The van der Waals surface area contributed by atoms with Crippen LogP contribution in [-0.2, 0) is 9.53 Å². The van der Waals surface area contributed by atoms with Gasteiger partial charge in [-0.1, -0.05) is 31.8 Å². The number of azide groups is 1. The molecule has 2 atom stereocenters. The van der Waals surface area contributed by atoms with Crippen LogP contribution in [0.4, 0.5) is 0 Å². The van der Waals surface area contributed by atoms with Gasteiger partial charge in [-0.3, -0.25) is 4.79 Å². The Bertz CT molecular complexity index is 353. The Hall–Kier alpha value is -1.26. The number of methoxy groups -OCH3 is 1. The molecule has 0 saturated heterocycles. The SMILES string of the molecule is COC(=O)C1(NCCN=[N+]=[N-])CCCCC1C(C)C. The molecule has 0 aliphatic heterocycles. The monoisotopic (exact) mass is 268 g/mol. The predicted molar refractivity (Wildman–Crippen MR) is 73.6 cm³/mol. The molecule has 1 fully saturated rings. The maximum Gasteiger partial charge on any atom is 0.326 e. The summed E-state index contributed by atoms with van der Waals surface area (Å²) in [6.45, 7) is 5.13. The van der Waals surface area contributed by atoms with Crippen LogP contribution < -0.4 is 5.32 Å². The first-order valence-corrected chi connectivity index (χ1v) is 6.92. The van der Waals surface area contributed by atoms with E-state index in [2.05, 4.69) is 29.2 Å². The molecule has 0 heterocycles. The fourth-order valence-corrected chi connectivity index (χ4v) is 3.20. The summed E-state index contributed by atoms with van der Waals surface area (Å²) in [6, 6.07) is 0. The number of carbonyl (C=O) groups is 1. The van der Waals surface area contributed by atoms with Crippen molar-refractivity contribution in [1.29, 1.82) is 0 Å². The number of carbonyl (C=O) groups excluding carboxylic acids is 1. The average Bonchev–Trinajstić information content (AvgIpc) is 2.42. The standard InChI is InChI=1S/C13H24N4O2/c1-10(2)11-6-4-5-7-13(11,12(18)19-3)15-8-9-16-17-14/h10-11,15H,4-9H2,1-3H3. The highest BCUT2D eigenvalue weighted by Gasteiger charge is 2.48. The van der Waals surface area contributed by atoms with Gasteiger partial charge in [0.15, 0.2) is 0 Å². The number of hydrogen-bond donors (Lipinski definition) is 1. The Labute approximate surface area is 114 Å². The van der Waals surface area contributed by atoms with Gasteiger partial charge in [-0.05, 0) is 30.2 Å². The molecule has 6 heteroatoms. The molecule has 1 rings (SSSR count). The molecule has 0 bridgehead atoms. The number of ether oxygens (including phenoxy) is 1. The topological polar surface area (TPSA) is 87.1 Å². The van der Waals surface area contributed by atoms with Crippen molar-refractivity contribution >= 4 is 5.97 Å². The molecule has 0 aromatic heterocycles. The summed E-state index contributed by atoms with van der Waals surface area (Å²) in [5, 5.41) is 6.82. The molecule has 0 radical (unpaired) electrons. The maximum atomic E-state index is 12.3. The molecule has 1 N–H and O–H groups in total. The van der Waals surface area contributed by atoms with Gasteiger partial charge in [0, 0.05) is 18.0 Å². The summed E-state index contributed by atoms with van der Waals surface area (Å²) >= 11 is 0. The highest BCUT2D eigenvalue weighted by atomic mass is 16.5. The summed E-state index contributed by atoms with van der Waals surface area (Å²) < 4.78 is 5.03. The van der Waals surface area contributed by atoms with E-state index in [0.717, 1.165) is 25.7 Å². The first kappa shape index (κ1) is 15.8. The van der Waals surface area contributed by atoms with Crippen molar-refractivity contribution in [2.45, 2.75) is 45.1 Å². The van der Waals surface area contributed by atoms with Gasteiger partial charge in [-0.2, -0.15) is 0 Å². The van der Waals surface area contributed by atoms with Crippen molar-refractivity contribution in [2.24, 2.45) is 17.0 Å². The summed E-state index contributed by atoms with van der Waals surface area (Å²) in [7, 11) is 1.44. The highest BCUT2D eigenvalue weighted by Crippen LogP contribution is 2.39. The molecule has 0 aromatic carbocycles. The van der Waals surface area contributed by atoms with Gasteiger partial charge in [0.1, 0.15) is 5.54 Å². The second kappa shape index (κ2) is 7.36. The van der Waals surface area contributed by atoms with E-state index in [1.54, 1.807) is 0 Å². The van der Waals surface area contributed by atoms with E-state index in [1.807, 2.05) is 0 Å². The lowest BCUT2D eigenvalue weighted by molar-refractivity contribution is -0.154. The number of hydrogen-bond acceptors (Lipinski definition) is 4. The van der Waals surface area contributed by atoms with Gasteiger partial charge >= 0.3 is 5.97 Å². The Morgan fingerprint density at radius 2 is 2.32 bits per heavy atom. The van der Waals surface area contributed by atoms with Gasteiger partial charge in [0.05, 0.1) is 7.11 Å². The maximum absolute atomic E-state index is 12.3. The van der Waals surface area contributed by atoms with Crippen molar-refractivity contribution in [3.8, 4) is 0 Å². The zero-order valence-corrected chi connectivity index (χ0v) is 12.1. The Morgan fingerprint density at radius 1 is 1.58 bits per heavy atom. The fraction of sp³-hybridized carbons (Fsp3) is 0.923. The summed E-state index contributed by atoms with van der Waals surface area (Å²) in [5.41, 5.74) is 7.68. The van der Waals surface area contributed by atoms with Crippen LogP contribution in [0.25, 0.3) is 10.4 Å². The van der Waals surface area contributed by atoms with Crippen molar-refractivity contribution in [3.63, 3.8) is 0 Å². The van der Waals surface area contributed by atoms with Gasteiger partial charge in [-0.25, -0.2) is 0 Å². The molecule has 0 aromatic rings. The average molecular weight is 268 g/mol. The summed E-state index contributed by atoms with van der Waals surface area (Å²) in [4.78, 5) is 15.0. The molecule has 1 saturated carbocycles. The lowest BCUT2D eigenvalue weighted by atomic mass is 9.67. The third-order valence-corrected chi connectivity index (χ3v) is 4.04. The highest BCUT2D eigenvalue weighted by molar-refractivity contribution is 5.81. The van der Waals surface area contributed by atoms with Crippen LogP contribution in [0.5, 0.6) is 0 Å². The zero-order chi connectivity index (χ0) is 14.3. The Morgan fingerprint density at radius 3 is 2.89 bits per heavy atom. The molecular weight excluding hydrogens is 244 g/mol. The summed E-state index contributed by atoms with van der Waals surface area (Å²) in [6.07, 6.45) is 3.99. The van der Waals surface area contributed by atoms with Crippen LogP contribution in [0.15, 0.2) is 5.11 Å². The third-order valence-electron chi connectivity index (χ3n) is 4.04. The van der Waals surface area contributed by atoms with Crippen molar-refractivity contribution in [2.75, 3.05) is 20.2 Å². The lowest BCUT2D eigenvalue weighted by Crippen LogP contribution is -2.61. The Balaban J connectivity index is 2.88. The molecule has 19 heavy (non-hydrogen) atoms. The minimum Gasteiger partial charge on any atom is -0.468 e. The van der Waals surface area contributed by atoms with E-state index in [1.165, 1.54) is 7.11 Å². The molecule has 0 spiro atoms. The van der Waals surface area contributed by atoms with Crippen LogP contribution in [0.2, 0.25) is 0 Å². The normalized spacial score (nSPS) is 26.8. The Kier molecular flexibility index (Phi) is 6.12. The van der Waals surface area contributed by atoms with Gasteiger partial charge in [-0.15, -0.1) is 0 Å². The first-order chi connectivity index (χ1) is 9.08. The van der Waals surface area contributed by atoms with E-state index >= 15 is 0 Å². The quantitative estimate of drug-likeness (QED) is 0.264. The minimum absolute atomic E-state index is 0.188. The van der Waals surface area contributed by atoms with Crippen molar-refractivity contribution in [3.05, 3.63) is 10.4 Å². The lowest BCUT2D eigenvalue weighted by Gasteiger charge is -2.44. The van der Waals surface area contributed by atoms with Crippen LogP contribution in [-0.4, -0.2) is 31.7 Å². The number of nitrogens with one attached hydrogen (secondary N) is 1. The van der Waals surface area contributed by atoms with Crippen LogP contribution in [0.3, 0.4) is 0 Å². The molecule has 1 aliphatic rings. The minimum atomic E-state index is -0.619. The fourth-order valence-electron chi connectivity index (χ4n) is 3.20. The largest absolute Gasteiger partial charge is 0.468 e. The number of esters is 1. The molecule has 0 amide bonds. The molecular formula is C13H24N4O2. The van der Waals surface area contributed by atoms with E-state index in [4.69, 9.17) is 10.3 Å². The molecule has 2 unspecified atom stereocenters. The van der Waals surface area contributed by atoms with Gasteiger partial charge < -0.3 is 10.1 Å². The smallest absolute Gasteiger partial charge is 0.326 e. The van der Waals surface area contributed by atoms with E-state index in [-0.39, 0.29) is 11.9 Å².